The van der Waals surface area contributed by atoms with Crippen LogP contribution in [0.1, 0.15) is 12.5 Å². The van der Waals surface area contributed by atoms with Gasteiger partial charge in [-0.1, -0.05) is 12.1 Å². The molecular formula is C24H23N7O. The molecule has 1 atom stereocenters. The maximum absolute atomic E-state index is 13.1. The molecule has 8 nitrogen and oxygen atoms in total. The predicted molar refractivity (Wildman–Crippen MR) is 124 cm³/mol. The topological polar surface area (TPSA) is 82.6 Å². The van der Waals surface area contributed by atoms with Crippen LogP contribution < -0.4 is 11.0 Å². The van der Waals surface area contributed by atoms with Gasteiger partial charge in [0.1, 0.15) is 5.69 Å². The van der Waals surface area contributed by atoms with Crippen LogP contribution in [0.15, 0.2) is 59.8 Å². The summed E-state index contributed by atoms with van der Waals surface area (Å²) in [5.74, 6) is 0. The van der Waals surface area contributed by atoms with E-state index in [2.05, 4.69) is 38.6 Å². The quantitative estimate of drug-likeness (QED) is 0.481. The Morgan fingerprint density at radius 2 is 1.88 bits per heavy atom. The Labute approximate surface area is 184 Å². The number of pyridine rings is 2. The predicted octanol–water partition coefficient (Wildman–Crippen LogP) is 2.89. The molecule has 1 aliphatic rings. The second-order valence-corrected chi connectivity index (χ2v) is 8.39. The first-order chi connectivity index (χ1) is 15.6. The molecule has 1 aliphatic heterocycles. The van der Waals surface area contributed by atoms with Gasteiger partial charge in [-0.25, -0.2) is 4.79 Å². The highest BCUT2D eigenvalue weighted by Crippen LogP contribution is 2.31. The molecule has 8 heteroatoms. The van der Waals surface area contributed by atoms with Gasteiger partial charge in [0, 0.05) is 44.0 Å². The van der Waals surface area contributed by atoms with Crippen molar-refractivity contribution in [2.24, 2.45) is 14.1 Å². The molecule has 0 radical (unpaired) electrons. The van der Waals surface area contributed by atoms with Crippen molar-refractivity contribution in [3.8, 4) is 22.5 Å². The monoisotopic (exact) mass is 425 g/mol. The second-order valence-electron chi connectivity index (χ2n) is 8.39. The maximum atomic E-state index is 13.1. The zero-order chi connectivity index (χ0) is 21.8. The van der Waals surface area contributed by atoms with Crippen LogP contribution in [0.4, 0.5) is 0 Å². The van der Waals surface area contributed by atoms with Gasteiger partial charge in [-0.3, -0.25) is 23.8 Å². The number of hydrogen-bond acceptors (Lipinski definition) is 5. The normalized spacial score (nSPS) is 16.4. The van der Waals surface area contributed by atoms with Crippen LogP contribution >= 0.6 is 0 Å². The summed E-state index contributed by atoms with van der Waals surface area (Å²) in [6.07, 6.45) is 6.53. The van der Waals surface area contributed by atoms with Gasteiger partial charge < -0.3 is 5.32 Å². The number of aromatic nitrogens is 6. The van der Waals surface area contributed by atoms with Crippen molar-refractivity contribution < 1.29 is 0 Å². The van der Waals surface area contributed by atoms with Crippen molar-refractivity contribution in [1.82, 2.24) is 34.2 Å². The molecule has 5 aromatic rings. The van der Waals surface area contributed by atoms with Gasteiger partial charge >= 0.3 is 5.69 Å². The molecule has 32 heavy (non-hydrogen) atoms. The minimum Gasteiger partial charge on any atom is -0.315 e. The number of hydrogen-bond donors (Lipinski definition) is 1. The number of benzene rings is 1. The summed E-state index contributed by atoms with van der Waals surface area (Å²) in [5, 5.41) is 8.79. The van der Waals surface area contributed by atoms with E-state index in [1.807, 2.05) is 49.3 Å². The molecule has 1 N–H and O–H groups in total. The molecule has 1 unspecified atom stereocenters. The Morgan fingerprint density at radius 3 is 2.59 bits per heavy atom. The van der Waals surface area contributed by atoms with E-state index >= 15 is 0 Å². The highest BCUT2D eigenvalue weighted by atomic mass is 16.1. The van der Waals surface area contributed by atoms with E-state index in [-0.39, 0.29) is 11.7 Å². The lowest BCUT2D eigenvalue weighted by Gasteiger charge is -2.12. The van der Waals surface area contributed by atoms with Gasteiger partial charge in [0.15, 0.2) is 0 Å². The fourth-order valence-corrected chi connectivity index (χ4v) is 4.67. The molecule has 0 bridgehead atoms. The molecule has 1 aromatic carbocycles. The number of aryl methyl sites for hydroxylation is 2. The maximum Gasteiger partial charge on any atom is 0.329 e. The third-order valence-electron chi connectivity index (χ3n) is 6.39. The molecule has 0 aliphatic carbocycles. The third-order valence-corrected chi connectivity index (χ3v) is 6.39. The number of nitrogens with zero attached hydrogens (tertiary/aromatic N) is 6. The average Bonchev–Trinajstić information content (AvgIpc) is 3.55. The summed E-state index contributed by atoms with van der Waals surface area (Å²) in [6.45, 7) is 1.73. The molecule has 6 rings (SSSR count). The molecular weight excluding hydrogens is 402 g/mol. The van der Waals surface area contributed by atoms with Crippen LogP contribution in [-0.4, -0.2) is 42.0 Å². The number of fused-ring (bicyclic) bond motifs is 3. The molecule has 160 valence electrons. The molecule has 5 heterocycles. The Kier molecular flexibility index (Phi) is 4.22. The Morgan fingerprint density at radius 1 is 1.00 bits per heavy atom. The number of imidazole rings is 1. The van der Waals surface area contributed by atoms with E-state index in [1.54, 1.807) is 15.4 Å². The smallest absolute Gasteiger partial charge is 0.315 e. The third kappa shape index (κ3) is 2.87. The SMILES string of the molecule is Cn1ccc(-c2ccc(-c3ccc4ncc5c(c4c3)n(C3CCNC3)c(=O)n5C)cn2)n1. The molecule has 0 saturated carbocycles. The van der Waals surface area contributed by atoms with Gasteiger partial charge in [0.25, 0.3) is 0 Å². The Balaban J connectivity index is 1.51. The highest BCUT2D eigenvalue weighted by Gasteiger charge is 2.24. The van der Waals surface area contributed by atoms with E-state index in [9.17, 15) is 4.79 Å². The van der Waals surface area contributed by atoms with Gasteiger partial charge in [0.05, 0.1) is 34.5 Å². The van der Waals surface area contributed by atoms with E-state index in [1.165, 1.54) is 0 Å². The van der Waals surface area contributed by atoms with Crippen molar-refractivity contribution in [2.75, 3.05) is 13.1 Å². The van der Waals surface area contributed by atoms with Crippen molar-refractivity contribution >= 4 is 21.9 Å². The first-order valence-electron chi connectivity index (χ1n) is 10.8. The standard InChI is InChI=1S/C24H23N7O/c1-29-10-8-21(28-29)20-6-4-16(12-26-20)15-3-5-19-18(11-15)23-22(14-27-19)30(2)24(32)31(23)17-7-9-25-13-17/h3-6,8,10-12,14,17,25H,7,9,13H2,1-2H3. The minimum absolute atomic E-state index is 0.00906. The van der Waals surface area contributed by atoms with Crippen molar-refractivity contribution in [3.05, 3.63) is 65.5 Å². The summed E-state index contributed by atoms with van der Waals surface area (Å²) < 4.78 is 5.42. The fourth-order valence-electron chi connectivity index (χ4n) is 4.67. The molecule has 0 amide bonds. The molecule has 1 fully saturated rings. The van der Waals surface area contributed by atoms with Crippen LogP contribution in [0.3, 0.4) is 0 Å². The first kappa shape index (κ1) is 18.9. The summed E-state index contributed by atoms with van der Waals surface area (Å²) in [4.78, 5) is 22.3. The van der Waals surface area contributed by atoms with Crippen LogP contribution in [0, 0.1) is 0 Å². The number of nitrogens with one attached hydrogen (secondary N) is 1. The van der Waals surface area contributed by atoms with Crippen LogP contribution in [0.2, 0.25) is 0 Å². The Hall–Kier alpha value is -3.78. The fraction of sp³-hybridized carbons (Fsp3) is 0.250. The minimum atomic E-state index is 0.00906. The zero-order valence-corrected chi connectivity index (χ0v) is 18.0. The lowest BCUT2D eigenvalue weighted by Crippen LogP contribution is -2.27. The number of rotatable bonds is 3. The molecule has 4 aromatic heterocycles. The largest absolute Gasteiger partial charge is 0.329 e. The second kappa shape index (κ2) is 7.13. The van der Waals surface area contributed by atoms with Gasteiger partial charge in [-0.15, -0.1) is 0 Å². The van der Waals surface area contributed by atoms with Crippen molar-refractivity contribution in [2.45, 2.75) is 12.5 Å². The lowest BCUT2D eigenvalue weighted by atomic mass is 10.0. The van der Waals surface area contributed by atoms with Crippen molar-refractivity contribution in [3.63, 3.8) is 0 Å². The Bertz CT molecular complexity index is 1520. The van der Waals surface area contributed by atoms with Crippen LogP contribution in [0.25, 0.3) is 44.5 Å². The van der Waals surface area contributed by atoms with E-state index in [0.717, 1.165) is 64.0 Å². The summed E-state index contributed by atoms with van der Waals surface area (Å²) in [5.41, 5.74) is 6.44. The van der Waals surface area contributed by atoms with Gasteiger partial charge in [-0.05, 0) is 42.8 Å². The summed E-state index contributed by atoms with van der Waals surface area (Å²) in [6, 6.07) is 12.4. The van der Waals surface area contributed by atoms with E-state index in [4.69, 9.17) is 0 Å². The van der Waals surface area contributed by atoms with Gasteiger partial charge in [-0.2, -0.15) is 5.10 Å². The summed E-state index contributed by atoms with van der Waals surface area (Å²) in [7, 11) is 3.72. The van der Waals surface area contributed by atoms with Gasteiger partial charge in [0.2, 0.25) is 0 Å². The van der Waals surface area contributed by atoms with Crippen LogP contribution in [0.5, 0.6) is 0 Å². The van der Waals surface area contributed by atoms with E-state index in [0.29, 0.717) is 0 Å². The van der Waals surface area contributed by atoms with E-state index < -0.39 is 0 Å². The first-order valence-corrected chi connectivity index (χ1v) is 10.8. The molecule has 1 saturated heterocycles. The average molecular weight is 425 g/mol. The van der Waals surface area contributed by atoms with Crippen LogP contribution in [-0.2, 0) is 14.1 Å². The zero-order valence-electron chi connectivity index (χ0n) is 18.0. The van der Waals surface area contributed by atoms with Crippen molar-refractivity contribution in [1.29, 1.82) is 0 Å². The molecule has 0 spiro atoms. The lowest BCUT2D eigenvalue weighted by molar-refractivity contribution is 0.536. The highest BCUT2D eigenvalue weighted by molar-refractivity contribution is 6.04. The summed E-state index contributed by atoms with van der Waals surface area (Å²) >= 11 is 0.